The number of hydrogen-bond acceptors (Lipinski definition) is 9. The Hall–Kier alpha value is -3.67. The van der Waals surface area contributed by atoms with E-state index >= 15 is 0 Å². The minimum atomic E-state index is -0.733. The number of pyridine rings is 1. The van der Waals surface area contributed by atoms with E-state index in [0.717, 1.165) is 36.9 Å². The van der Waals surface area contributed by atoms with E-state index in [4.69, 9.17) is 20.8 Å². The molecule has 230 valence electrons. The van der Waals surface area contributed by atoms with Gasteiger partial charge in [-0.05, 0) is 48.6 Å². The number of oxazole rings is 1. The van der Waals surface area contributed by atoms with E-state index in [-0.39, 0.29) is 36.9 Å². The lowest BCUT2D eigenvalue weighted by molar-refractivity contribution is -0.135. The van der Waals surface area contributed by atoms with E-state index in [1.807, 2.05) is 30.9 Å². The summed E-state index contributed by atoms with van der Waals surface area (Å²) in [6, 6.07) is 7.42. The van der Waals surface area contributed by atoms with Crippen LogP contribution < -0.4 is 15.4 Å². The molecule has 11 nitrogen and oxygen atoms in total. The largest absolute Gasteiger partial charge is 0.484 e. The summed E-state index contributed by atoms with van der Waals surface area (Å²) in [5.74, 6) is 1.77. The Kier molecular flexibility index (Phi) is 10.2. The number of halogens is 1. The molecule has 1 atom stereocenters. The van der Waals surface area contributed by atoms with E-state index in [0.29, 0.717) is 54.1 Å². The summed E-state index contributed by atoms with van der Waals surface area (Å²) in [7, 11) is 0. The number of nitrogens with one attached hydrogen (secondary N) is 2. The van der Waals surface area contributed by atoms with Crippen LogP contribution >= 0.6 is 11.6 Å². The molecule has 1 aromatic carbocycles. The molecular formula is C31H39ClN6O5. The fourth-order valence-electron chi connectivity index (χ4n) is 5.52. The van der Waals surface area contributed by atoms with Gasteiger partial charge < -0.3 is 29.8 Å². The third kappa shape index (κ3) is 8.04. The number of nitrogens with zero attached hydrogens (tertiary/aromatic N) is 4. The van der Waals surface area contributed by atoms with Crippen LogP contribution in [-0.2, 0) is 24.4 Å². The Balaban J connectivity index is 1.06. The number of aromatic nitrogens is 2. The summed E-state index contributed by atoms with van der Waals surface area (Å²) >= 11 is 6.65. The van der Waals surface area contributed by atoms with E-state index in [2.05, 4.69) is 25.5 Å². The maximum absolute atomic E-state index is 12.9. The molecule has 3 N–H and O–H groups in total. The Labute approximate surface area is 256 Å². The maximum atomic E-state index is 12.9. The van der Waals surface area contributed by atoms with E-state index < -0.39 is 6.10 Å². The molecule has 0 saturated carbocycles. The molecule has 0 aliphatic carbocycles. The third-order valence-electron chi connectivity index (χ3n) is 7.87. The smallest absolute Gasteiger partial charge is 0.251 e. The number of rotatable bonds is 11. The Morgan fingerprint density at radius 1 is 1.21 bits per heavy atom. The second-order valence-electron chi connectivity index (χ2n) is 11.4. The van der Waals surface area contributed by atoms with E-state index in [9.17, 15) is 14.7 Å². The van der Waals surface area contributed by atoms with Crippen molar-refractivity contribution in [2.75, 3.05) is 38.0 Å². The summed E-state index contributed by atoms with van der Waals surface area (Å²) in [5.41, 5.74) is 2.61. The van der Waals surface area contributed by atoms with Gasteiger partial charge in [0.25, 0.3) is 5.91 Å². The number of hydrogen-bond donors (Lipinski definition) is 3. The van der Waals surface area contributed by atoms with Crippen LogP contribution in [0.3, 0.4) is 0 Å². The van der Waals surface area contributed by atoms with Gasteiger partial charge in [0.15, 0.2) is 12.2 Å². The number of amides is 2. The molecular weight excluding hydrogens is 572 g/mol. The van der Waals surface area contributed by atoms with Crippen molar-refractivity contribution in [2.45, 2.75) is 58.4 Å². The van der Waals surface area contributed by atoms with E-state index in [1.165, 1.54) is 6.39 Å². The molecule has 2 aromatic heterocycles. The van der Waals surface area contributed by atoms with Gasteiger partial charge in [-0.15, -0.1) is 0 Å². The SMILES string of the molecule is CC(C)C(=O)N1CCC(Nc2cc(C(=O)NCC(O)CN3CCc4c(ccc(OCc5cnco5)c4Cl)C3)ccn2)CC1. The summed E-state index contributed by atoms with van der Waals surface area (Å²) in [5, 5.41) is 17.5. The second-order valence-corrected chi connectivity index (χ2v) is 11.8. The van der Waals surface area contributed by atoms with Gasteiger partial charge in [-0.3, -0.25) is 14.5 Å². The number of ether oxygens (including phenoxy) is 1. The highest BCUT2D eigenvalue weighted by molar-refractivity contribution is 6.33. The molecule has 0 spiro atoms. The minimum Gasteiger partial charge on any atom is -0.484 e. The number of piperidine rings is 1. The molecule has 1 saturated heterocycles. The van der Waals surface area contributed by atoms with Crippen LogP contribution in [0.25, 0.3) is 0 Å². The average Bonchev–Trinajstić information content (AvgIpc) is 3.53. The number of aliphatic hydroxyl groups excluding tert-OH is 1. The quantitative estimate of drug-likeness (QED) is 0.298. The van der Waals surface area contributed by atoms with Gasteiger partial charge in [-0.25, -0.2) is 9.97 Å². The zero-order valence-corrected chi connectivity index (χ0v) is 25.3. The van der Waals surface area contributed by atoms with Crippen LogP contribution in [0.15, 0.2) is 47.5 Å². The van der Waals surface area contributed by atoms with Crippen molar-refractivity contribution in [2.24, 2.45) is 5.92 Å². The molecule has 43 heavy (non-hydrogen) atoms. The normalized spacial score (nSPS) is 16.5. The second kappa shape index (κ2) is 14.2. The van der Waals surface area contributed by atoms with Crippen LogP contribution in [-0.4, -0.2) is 81.6 Å². The highest BCUT2D eigenvalue weighted by atomic mass is 35.5. The van der Waals surface area contributed by atoms with Gasteiger partial charge in [-0.1, -0.05) is 31.5 Å². The molecule has 0 bridgehead atoms. The van der Waals surface area contributed by atoms with Gasteiger partial charge in [-0.2, -0.15) is 0 Å². The molecule has 4 heterocycles. The van der Waals surface area contributed by atoms with Gasteiger partial charge >= 0.3 is 0 Å². The summed E-state index contributed by atoms with van der Waals surface area (Å²) in [4.78, 5) is 37.4. The number of benzene rings is 1. The van der Waals surface area contributed by atoms with Crippen LogP contribution in [0.5, 0.6) is 5.75 Å². The van der Waals surface area contributed by atoms with Crippen LogP contribution in [0.1, 0.15) is 53.9 Å². The first-order chi connectivity index (χ1) is 20.8. The van der Waals surface area contributed by atoms with Gasteiger partial charge in [0.2, 0.25) is 5.91 Å². The average molecular weight is 611 g/mol. The summed E-state index contributed by atoms with van der Waals surface area (Å²) in [6.07, 6.45) is 6.22. The standard InChI is InChI=1S/C31H39ClN6O5/c1-20(2)31(41)38-11-6-23(7-12-38)36-28-13-21(5-9-34-28)30(40)35-14-24(39)17-37-10-8-26-22(16-37)3-4-27(29(26)32)42-18-25-15-33-19-43-25/h3-5,9,13,15,19-20,23-24,39H,6-8,10-12,14,16-18H2,1-2H3,(H,34,36)(H,35,40). The fraction of sp³-hybridized carbons (Fsp3) is 0.484. The first-order valence-electron chi connectivity index (χ1n) is 14.8. The van der Waals surface area contributed by atoms with Gasteiger partial charge in [0.05, 0.1) is 17.3 Å². The van der Waals surface area contributed by atoms with Gasteiger partial charge in [0, 0.05) is 63.0 Å². The minimum absolute atomic E-state index is 0.00181. The molecule has 2 aliphatic rings. The molecule has 2 amide bonds. The van der Waals surface area contributed by atoms with Crippen molar-refractivity contribution >= 4 is 29.2 Å². The number of aliphatic hydroxyl groups is 1. The zero-order chi connectivity index (χ0) is 30.3. The van der Waals surface area contributed by atoms with E-state index in [1.54, 1.807) is 24.5 Å². The Morgan fingerprint density at radius 3 is 2.77 bits per heavy atom. The molecule has 1 unspecified atom stereocenters. The summed E-state index contributed by atoms with van der Waals surface area (Å²) < 4.78 is 11.0. The number of fused-ring (bicyclic) bond motifs is 1. The predicted octanol–water partition coefficient (Wildman–Crippen LogP) is 3.51. The molecule has 2 aliphatic heterocycles. The lowest BCUT2D eigenvalue weighted by Crippen LogP contribution is -2.44. The molecule has 0 radical (unpaired) electrons. The van der Waals surface area contributed by atoms with Crippen molar-refractivity contribution in [3.05, 3.63) is 70.5 Å². The lowest BCUT2D eigenvalue weighted by atomic mass is 9.99. The number of β-amino-alcohol motifs (C(OH)–C–C–N with tert-alkyl or cyclic N) is 1. The van der Waals surface area contributed by atoms with Crippen LogP contribution in [0.4, 0.5) is 5.82 Å². The Bertz CT molecular complexity index is 1390. The monoisotopic (exact) mass is 610 g/mol. The van der Waals surface area contributed by atoms with Crippen molar-refractivity contribution in [3.63, 3.8) is 0 Å². The molecule has 12 heteroatoms. The van der Waals surface area contributed by atoms with Crippen molar-refractivity contribution < 1.29 is 23.8 Å². The lowest BCUT2D eigenvalue weighted by Gasteiger charge is -2.33. The Morgan fingerprint density at radius 2 is 2.02 bits per heavy atom. The number of anilines is 1. The maximum Gasteiger partial charge on any atom is 0.251 e. The highest BCUT2D eigenvalue weighted by Gasteiger charge is 2.25. The molecule has 5 rings (SSSR count). The number of likely N-dealkylation sites (tertiary alicyclic amines) is 1. The predicted molar refractivity (Wildman–Crippen MR) is 162 cm³/mol. The molecule has 1 fully saturated rings. The van der Waals surface area contributed by atoms with Crippen molar-refractivity contribution in [1.29, 1.82) is 0 Å². The highest BCUT2D eigenvalue weighted by Crippen LogP contribution is 2.34. The van der Waals surface area contributed by atoms with Crippen molar-refractivity contribution in [1.82, 2.24) is 25.1 Å². The topological polar surface area (TPSA) is 133 Å². The zero-order valence-electron chi connectivity index (χ0n) is 24.6. The molecule has 3 aromatic rings. The van der Waals surface area contributed by atoms with Crippen LogP contribution in [0, 0.1) is 5.92 Å². The fourth-order valence-corrected chi connectivity index (χ4v) is 5.86. The third-order valence-corrected chi connectivity index (χ3v) is 8.29. The first-order valence-corrected chi connectivity index (χ1v) is 15.1. The summed E-state index contributed by atoms with van der Waals surface area (Å²) in [6.45, 7) is 7.44. The van der Waals surface area contributed by atoms with Crippen molar-refractivity contribution in [3.8, 4) is 5.75 Å². The van der Waals surface area contributed by atoms with Gasteiger partial charge in [0.1, 0.15) is 18.2 Å². The number of carbonyl (C=O) groups is 2. The first kappa shape index (κ1) is 30.8. The van der Waals surface area contributed by atoms with Crippen LogP contribution in [0.2, 0.25) is 5.02 Å². The number of carbonyl (C=O) groups excluding carboxylic acids is 2.